The summed E-state index contributed by atoms with van der Waals surface area (Å²) in [5, 5.41) is 4.21. The number of carbonyl (C=O) groups excluding carboxylic acids is 1. The van der Waals surface area contributed by atoms with Crippen LogP contribution in [0.25, 0.3) is 27.7 Å². The van der Waals surface area contributed by atoms with Crippen molar-refractivity contribution in [3.8, 4) is 16.9 Å². The number of nitrogens with one attached hydrogen (secondary N) is 1. The van der Waals surface area contributed by atoms with Crippen molar-refractivity contribution in [3.63, 3.8) is 0 Å². The molecule has 4 nitrogen and oxygen atoms in total. The van der Waals surface area contributed by atoms with Crippen LogP contribution in [0.4, 0.5) is 0 Å². The van der Waals surface area contributed by atoms with Crippen molar-refractivity contribution in [1.82, 2.24) is 5.32 Å². The molecule has 0 atom stereocenters. The molecular formula is C27H31NO3. The summed E-state index contributed by atoms with van der Waals surface area (Å²) in [6, 6.07) is 12.6. The van der Waals surface area contributed by atoms with Crippen LogP contribution in [0.3, 0.4) is 0 Å². The standard InChI is InChI=1S/C27H31NO3/c1-4-30-26-19(3)27-23(24(17-31-27)20-11-7-5-8-12-20)16-22(26)18(2)15-25(29)28-21-13-9-6-10-14-21/h5,7-8,11-12,15-17,21H,4,6,9-10,13-14H2,1-3H3,(H,28,29)/b18-15+. The quantitative estimate of drug-likeness (QED) is 0.456. The lowest BCUT2D eigenvalue weighted by molar-refractivity contribution is -0.117. The third-order valence-corrected chi connectivity index (χ3v) is 6.14. The first-order chi connectivity index (χ1) is 15.1. The van der Waals surface area contributed by atoms with Crippen LogP contribution < -0.4 is 10.1 Å². The smallest absolute Gasteiger partial charge is 0.244 e. The molecule has 0 unspecified atom stereocenters. The lowest BCUT2D eigenvalue weighted by Crippen LogP contribution is -2.35. The summed E-state index contributed by atoms with van der Waals surface area (Å²) in [6.45, 7) is 6.52. The number of rotatable bonds is 6. The number of ether oxygens (including phenoxy) is 1. The zero-order valence-electron chi connectivity index (χ0n) is 18.7. The first-order valence-electron chi connectivity index (χ1n) is 11.3. The molecule has 1 N–H and O–H groups in total. The number of furan rings is 1. The summed E-state index contributed by atoms with van der Waals surface area (Å²) in [6.07, 6.45) is 9.32. The van der Waals surface area contributed by atoms with Gasteiger partial charge in [0, 0.05) is 34.2 Å². The molecule has 4 rings (SSSR count). The Morgan fingerprint density at radius 1 is 1.19 bits per heavy atom. The normalized spacial score (nSPS) is 15.3. The number of amides is 1. The van der Waals surface area contributed by atoms with E-state index >= 15 is 0 Å². The number of hydrogen-bond acceptors (Lipinski definition) is 3. The van der Waals surface area contributed by atoms with E-state index in [0.717, 1.165) is 57.4 Å². The summed E-state index contributed by atoms with van der Waals surface area (Å²) in [5.74, 6) is 0.753. The highest BCUT2D eigenvalue weighted by Crippen LogP contribution is 2.40. The van der Waals surface area contributed by atoms with Gasteiger partial charge in [-0.3, -0.25) is 4.79 Å². The highest BCUT2D eigenvalue weighted by atomic mass is 16.5. The van der Waals surface area contributed by atoms with Gasteiger partial charge in [0.1, 0.15) is 11.3 Å². The van der Waals surface area contributed by atoms with Gasteiger partial charge in [0.2, 0.25) is 5.91 Å². The van der Waals surface area contributed by atoms with E-state index in [2.05, 4.69) is 23.5 Å². The highest BCUT2D eigenvalue weighted by molar-refractivity contribution is 6.01. The van der Waals surface area contributed by atoms with Gasteiger partial charge >= 0.3 is 0 Å². The Hall–Kier alpha value is -3.01. The lowest BCUT2D eigenvalue weighted by Gasteiger charge is -2.22. The molecule has 1 fully saturated rings. The van der Waals surface area contributed by atoms with Gasteiger partial charge in [0.25, 0.3) is 0 Å². The van der Waals surface area contributed by atoms with E-state index in [1.165, 1.54) is 19.3 Å². The average molecular weight is 418 g/mol. The number of aryl methyl sites for hydroxylation is 1. The maximum atomic E-state index is 12.7. The summed E-state index contributed by atoms with van der Waals surface area (Å²) in [7, 11) is 0. The van der Waals surface area contributed by atoms with E-state index in [1.807, 2.05) is 39.0 Å². The molecule has 1 aromatic heterocycles. The Bertz CT molecular complexity index is 1090. The van der Waals surface area contributed by atoms with Gasteiger partial charge in [-0.2, -0.15) is 0 Å². The van der Waals surface area contributed by atoms with Crippen molar-refractivity contribution in [3.05, 3.63) is 59.9 Å². The van der Waals surface area contributed by atoms with Crippen LogP contribution in [-0.4, -0.2) is 18.6 Å². The van der Waals surface area contributed by atoms with Crippen LogP contribution in [-0.2, 0) is 4.79 Å². The van der Waals surface area contributed by atoms with Crippen LogP contribution in [0, 0.1) is 6.92 Å². The van der Waals surface area contributed by atoms with Gasteiger partial charge in [0.15, 0.2) is 0 Å². The molecule has 4 heteroatoms. The predicted octanol–water partition coefficient (Wildman–Crippen LogP) is 6.66. The number of allylic oxidation sites excluding steroid dienone is 1. The molecule has 1 aliphatic carbocycles. The minimum absolute atomic E-state index is 0.0277. The summed E-state index contributed by atoms with van der Waals surface area (Å²) in [5.41, 5.74) is 5.75. The van der Waals surface area contributed by atoms with Gasteiger partial charge in [-0.1, -0.05) is 49.6 Å². The fraction of sp³-hybridized carbons (Fsp3) is 0.370. The fourth-order valence-electron chi connectivity index (χ4n) is 4.54. The lowest BCUT2D eigenvalue weighted by atomic mass is 9.95. The molecule has 1 amide bonds. The second-order valence-electron chi connectivity index (χ2n) is 8.37. The molecule has 1 saturated carbocycles. The SMILES string of the molecule is CCOc1c(/C(C)=C/C(=O)NC2CCCCC2)cc2c(-c3ccccc3)coc2c1C. The topological polar surface area (TPSA) is 51.5 Å². The van der Waals surface area contributed by atoms with Gasteiger partial charge in [-0.05, 0) is 50.8 Å². The minimum atomic E-state index is -0.0277. The molecule has 1 aliphatic rings. The Balaban J connectivity index is 1.74. The average Bonchev–Trinajstić information content (AvgIpc) is 3.21. The molecule has 0 radical (unpaired) electrons. The second kappa shape index (κ2) is 9.42. The molecule has 0 saturated heterocycles. The number of fused-ring (bicyclic) bond motifs is 1. The first-order valence-corrected chi connectivity index (χ1v) is 11.3. The number of benzene rings is 2. The number of carbonyl (C=O) groups is 1. The van der Waals surface area contributed by atoms with Crippen molar-refractivity contribution in [1.29, 1.82) is 0 Å². The van der Waals surface area contributed by atoms with E-state index < -0.39 is 0 Å². The Morgan fingerprint density at radius 3 is 2.65 bits per heavy atom. The van der Waals surface area contributed by atoms with Crippen LogP contribution in [0.15, 0.2) is 53.2 Å². The molecule has 0 bridgehead atoms. The summed E-state index contributed by atoms with van der Waals surface area (Å²) >= 11 is 0. The van der Waals surface area contributed by atoms with Crippen molar-refractivity contribution >= 4 is 22.4 Å². The molecule has 2 aromatic carbocycles. The van der Waals surface area contributed by atoms with E-state index in [9.17, 15) is 4.79 Å². The third-order valence-electron chi connectivity index (χ3n) is 6.14. The second-order valence-corrected chi connectivity index (χ2v) is 8.37. The number of hydrogen-bond donors (Lipinski definition) is 1. The maximum Gasteiger partial charge on any atom is 0.244 e. The van der Waals surface area contributed by atoms with E-state index in [4.69, 9.17) is 9.15 Å². The zero-order valence-corrected chi connectivity index (χ0v) is 18.7. The summed E-state index contributed by atoms with van der Waals surface area (Å²) < 4.78 is 12.0. The van der Waals surface area contributed by atoms with Crippen molar-refractivity contribution in [2.75, 3.05) is 6.61 Å². The minimum Gasteiger partial charge on any atom is -0.493 e. The fourth-order valence-corrected chi connectivity index (χ4v) is 4.54. The Labute approximate surface area is 184 Å². The molecule has 0 spiro atoms. The van der Waals surface area contributed by atoms with Gasteiger partial charge in [-0.25, -0.2) is 0 Å². The molecule has 1 heterocycles. The van der Waals surface area contributed by atoms with Gasteiger partial charge in [-0.15, -0.1) is 0 Å². The maximum absolute atomic E-state index is 12.7. The van der Waals surface area contributed by atoms with Gasteiger partial charge < -0.3 is 14.5 Å². The predicted molar refractivity (Wildman–Crippen MR) is 126 cm³/mol. The summed E-state index contributed by atoms with van der Waals surface area (Å²) in [4.78, 5) is 12.7. The molecule has 3 aromatic rings. The van der Waals surface area contributed by atoms with Crippen LogP contribution >= 0.6 is 0 Å². The van der Waals surface area contributed by atoms with Crippen LogP contribution in [0.1, 0.15) is 57.1 Å². The third kappa shape index (κ3) is 4.53. The monoisotopic (exact) mass is 417 g/mol. The van der Waals surface area contributed by atoms with E-state index in [-0.39, 0.29) is 5.91 Å². The highest BCUT2D eigenvalue weighted by Gasteiger charge is 2.20. The Morgan fingerprint density at radius 2 is 1.94 bits per heavy atom. The molecule has 162 valence electrons. The van der Waals surface area contributed by atoms with Crippen LogP contribution in [0.2, 0.25) is 0 Å². The van der Waals surface area contributed by atoms with Crippen LogP contribution in [0.5, 0.6) is 5.75 Å². The molecule has 31 heavy (non-hydrogen) atoms. The van der Waals surface area contributed by atoms with Crippen molar-refractivity contribution in [2.45, 2.75) is 58.9 Å². The van der Waals surface area contributed by atoms with E-state index in [0.29, 0.717) is 12.6 Å². The van der Waals surface area contributed by atoms with Gasteiger partial charge in [0.05, 0.1) is 12.9 Å². The molecular weight excluding hydrogens is 386 g/mol. The van der Waals surface area contributed by atoms with E-state index in [1.54, 1.807) is 12.3 Å². The first kappa shape index (κ1) is 21.2. The largest absolute Gasteiger partial charge is 0.493 e. The van der Waals surface area contributed by atoms with Crippen molar-refractivity contribution in [2.24, 2.45) is 0 Å². The zero-order chi connectivity index (χ0) is 21.8. The Kier molecular flexibility index (Phi) is 6.45. The molecule has 0 aliphatic heterocycles. The van der Waals surface area contributed by atoms with Crippen molar-refractivity contribution < 1.29 is 13.9 Å².